The normalized spacial score (nSPS) is 11.7. The third-order valence-electron chi connectivity index (χ3n) is 9.49. The number of rotatable bonds is 4. The monoisotopic (exact) mass is 625 g/mol. The molecule has 0 aliphatic carbocycles. The van der Waals surface area contributed by atoms with Crippen molar-refractivity contribution in [3.63, 3.8) is 0 Å². The zero-order valence-corrected chi connectivity index (χ0v) is 26.3. The van der Waals surface area contributed by atoms with E-state index in [0.29, 0.717) is 17.5 Å². The van der Waals surface area contributed by atoms with Gasteiger partial charge in [-0.25, -0.2) is 15.0 Å². The van der Waals surface area contributed by atoms with E-state index < -0.39 is 0 Å². The Hall–Kier alpha value is -6.65. The molecule has 228 valence electrons. The third kappa shape index (κ3) is 4.65. The fraction of sp³-hybridized carbons (Fsp3) is 0. The van der Waals surface area contributed by atoms with Crippen molar-refractivity contribution in [3.8, 4) is 45.3 Å². The number of aromatic nitrogens is 3. The highest BCUT2D eigenvalue weighted by Crippen LogP contribution is 2.37. The quantitative estimate of drug-likeness (QED) is 0.195. The van der Waals surface area contributed by atoms with E-state index in [4.69, 9.17) is 19.4 Å². The van der Waals surface area contributed by atoms with E-state index in [1.54, 1.807) is 0 Å². The van der Waals surface area contributed by atoms with Crippen LogP contribution in [0.3, 0.4) is 0 Å². The molecule has 2 heterocycles. The van der Waals surface area contributed by atoms with Crippen LogP contribution in [0.5, 0.6) is 0 Å². The van der Waals surface area contributed by atoms with Gasteiger partial charge in [0.15, 0.2) is 17.5 Å². The standard InChI is InChI=1S/C45H27N3O/c1-2-11-30(12-3-1)43-46-44(34-20-18-31-25-33(19-17-32(31)26-34)37-16-8-13-28-9-4-6-14-36(28)37)48-45(47-43)35-21-23-39-41(27-35)49-40-24-22-29-10-5-7-15-38(29)42(39)40/h1-27H. The maximum absolute atomic E-state index is 6.39. The number of fused-ring (bicyclic) bond motifs is 7. The van der Waals surface area contributed by atoms with Gasteiger partial charge in [0.2, 0.25) is 0 Å². The van der Waals surface area contributed by atoms with E-state index >= 15 is 0 Å². The van der Waals surface area contributed by atoms with Crippen molar-refractivity contribution in [2.24, 2.45) is 0 Å². The predicted molar refractivity (Wildman–Crippen MR) is 201 cm³/mol. The Balaban J connectivity index is 1.10. The Morgan fingerprint density at radius 1 is 0.327 bits per heavy atom. The molecule has 0 amide bonds. The van der Waals surface area contributed by atoms with E-state index in [-0.39, 0.29) is 0 Å². The molecule has 0 N–H and O–H groups in total. The summed E-state index contributed by atoms with van der Waals surface area (Å²) in [6.45, 7) is 0. The first-order valence-electron chi connectivity index (χ1n) is 16.4. The Labute approximate surface area is 282 Å². The van der Waals surface area contributed by atoms with Crippen molar-refractivity contribution in [1.29, 1.82) is 0 Å². The van der Waals surface area contributed by atoms with Crippen LogP contribution in [0, 0.1) is 0 Å². The molecule has 0 radical (unpaired) electrons. The smallest absolute Gasteiger partial charge is 0.164 e. The molecule has 10 rings (SSSR count). The summed E-state index contributed by atoms with van der Waals surface area (Å²) in [5.74, 6) is 1.85. The third-order valence-corrected chi connectivity index (χ3v) is 9.49. The Bertz CT molecular complexity index is 2890. The summed E-state index contributed by atoms with van der Waals surface area (Å²) in [4.78, 5) is 15.0. The van der Waals surface area contributed by atoms with Crippen molar-refractivity contribution < 1.29 is 4.42 Å². The Morgan fingerprint density at radius 3 is 1.69 bits per heavy atom. The molecule has 0 aliphatic heterocycles. The number of nitrogens with zero attached hydrogens (tertiary/aromatic N) is 3. The van der Waals surface area contributed by atoms with Gasteiger partial charge in [-0.1, -0.05) is 133 Å². The average Bonchev–Trinajstić information content (AvgIpc) is 3.56. The summed E-state index contributed by atoms with van der Waals surface area (Å²) in [5, 5.41) is 9.35. The molecule has 4 nitrogen and oxygen atoms in total. The zero-order valence-electron chi connectivity index (χ0n) is 26.3. The second-order valence-electron chi connectivity index (χ2n) is 12.4. The molecule has 0 aliphatic rings. The average molecular weight is 626 g/mol. The lowest BCUT2D eigenvalue weighted by molar-refractivity contribution is 0.669. The first-order valence-corrected chi connectivity index (χ1v) is 16.4. The maximum atomic E-state index is 6.39. The van der Waals surface area contributed by atoms with Crippen molar-refractivity contribution >= 4 is 54.3 Å². The summed E-state index contributed by atoms with van der Waals surface area (Å²) in [6, 6.07) is 57.0. The van der Waals surface area contributed by atoms with Crippen LogP contribution in [0.4, 0.5) is 0 Å². The van der Waals surface area contributed by atoms with Gasteiger partial charge in [0.25, 0.3) is 0 Å². The lowest BCUT2D eigenvalue weighted by Gasteiger charge is -2.11. The number of benzene rings is 8. The van der Waals surface area contributed by atoms with Crippen LogP contribution in [0.2, 0.25) is 0 Å². The molecule has 0 spiro atoms. The molecule has 0 saturated heterocycles. The van der Waals surface area contributed by atoms with Crippen LogP contribution < -0.4 is 0 Å². The van der Waals surface area contributed by atoms with Gasteiger partial charge in [-0.05, 0) is 73.8 Å². The summed E-state index contributed by atoms with van der Waals surface area (Å²) in [7, 11) is 0. The molecule has 0 unspecified atom stereocenters. The van der Waals surface area contributed by atoms with Gasteiger partial charge in [-0.2, -0.15) is 0 Å². The topological polar surface area (TPSA) is 51.8 Å². The first kappa shape index (κ1) is 27.5. The minimum Gasteiger partial charge on any atom is -0.456 e. The molecule has 2 aromatic heterocycles. The number of hydrogen-bond acceptors (Lipinski definition) is 4. The second-order valence-corrected chi connectivity index (χ2v) is 12.4. The van der Waals surface area contributed by atoms with E-state index in [0.717, 1.165) is 49.4 Å². The van der Waals surface area contributed by atoms with Crippen LogP contribution in [0.15, 0.2) is 168 Å². The zero-order chi connectivity index (χ0) is 32.3. The van der Waals surface area contributed by atoms with Gasteiger partial charge in [0, 0.05) is 27.5 Å². The molecular formula is C45H27N3O. The SMILES string of the molecule is c1ccc(-c2nc(-c3ccc4cc(-c5cccc6ccccc56)ccc4c3)nc(-c3ccc4c(c3)oc3ccc5ccccc5c34)n2)cc1. The lowest BCUT2D eigenvalue weighted by Crippen LogP contribution is -2.00. The summed E-state index contributed by atoms with van der Waals surface area (Å²) in [5.41, 5.74) is 6.84. The molecule has 10 aromatic rings. The highest BCUT2D eigenvalue weighted by atomic mass is 16.3. The van der Waals surface area contributed by atoms with Crippen LogP contribution in [0.1, 0.15) is 0 Å². The Morgan fingerprint density at radius 2 is 0.898 bits per heavy atom. The molecule has 0 bridgehead atoms. The van der Waals surface area contributed by atoms with E-state index in [2.05, 4.69) is 127 Å². The molecule has 4 heteroatoms. The number of hydrogen-bond donors (Lipinski definition) is 0. The van der Waals surface area contributed by atoms with Crippen LogP contribution >= 0.6 is 0 Å². The molecule has 0 atom stereocenters. The second kappa shape index (κ2) is 11.0. The fourth-order valence-electron chi connectivity index (χ4n) is 7.07. The van der Waals surface area contributed by atoms with Gasteiger partial charge in [-0.15, -0.1) is 0 Å². The summed E-state index contributed by atoms with van der Waals surface area (Å²) >= 11 is 0. The molecular weight excluding hydrogens is 599 g/mol. The van der Waals surface area contributed by atoms with Gasteiger partial charge < -0.3 is 4.42 Å². The van der Waals surface area contributed by atoms with Gasteiger partial charge in [-0.3, -0.25) is 0 Å². The van der Waals surface area contributed by atoms with Crippen molar-refractivity contribution in [2.75, 3.05) is 0 Å². The number of furan rings is 1. The Kier molecular flexibility index (Phi) is 6.15. The molecule has 8 aromatic carbocycles. The minimum absolute atomic E-state index is 0.600. The lowest BCUT2D eigenvalue weighted by atomic mass is 9.96. The molecule has 0 saturated carbocycles. The van der Waals surface area contributed by atoms with Crippen LogP contribution in [0.25, 0.3) is 99.5 Å². The minimum atomic E-state index is 0.600. The highest BCUT2D eigenvalue weighted by Gasteiger charge is 2.16. The van der Waals surface area contributed by atoms with Crippen LogP contribution in [-0.2, 0) is 0 Å². The van der Waals surface area contributed by atoms with E-state index in [1.807, 2.05) is 36.4 Å². The molecule has 0 fully saturated rings. The van der Waals surface area contributed by atoms with Crippen molar-refractivity contribution in [2.45, 2.75) is 0 Å². The maximum Gasteiger partial charge on any atom is 0.164 e. The van der Waals surface area contributed by atoms with Crippen molar-refractivity contribution in [3.05, 3.63) is 164 Å². The molecule has 49 heavy (non-hydrogen) atoms. The highest BCUT2D eigenvalue weighted by molar-refractivity contribution is 6.19. The summed E-state index contributed by atoms with van der Waals surface area (Å²) in [6.07, 6.45) is 0. The fourth-order valence-corrected chi connectivity index (χ4v) is 7.07. The first-order chi connectivity index (χ1) is 24.2. The summed E-state index contributed by atoms with van der Waals surface area (Å²) < 4.78 is 6.39. The van der Waals surface area contributed by atoms with Crippen molar-refractivity contribution in [1.82, 2.24) is 15.0 Å². The van der Waals surface area contributed by atoms with Crippen LogP contribution in [-0.4, -0.2) is 15.0 Å². The predicted octanol–water partition coefficient (Wildman–Crippen LogP) is 11.9. The largest absolute Gasteiger partial charge is 0.456 e. The van der Waals surface area contributed by atoms with Gasteiger partial charge >= 0.3 is 0 Å². The van der Waals surface area contributed by atoms with E-state index in [1.165, 1.54) is 32.7 Å². The van der Waals surface area contributed by atoms with Gasteiger partial charge in [0.05, 0.1) is 0 Å². The van der Waals surface area contributed by atoms with Gasteiger partial charge in [0.1, 0.15) is 11.2 Å². The van der Waals surface area contributed by atoms with E-state index in [9.17, 15) is 0 Å².